The highest BCUT2D eigenvalue weighted by atomic mass is 35.5. The first-order valence-corrected chi connectivity index (χ1v) is 7.78. The monoisotopic (exact) mass is 338 g/mol. The number of ether oxygens (including phenoxy) is 2. The van der Waals surface area contributed by atoms with Crippen molar-refractivity contribution in [2.24, 2.45) is 0 Å². The normalized spacial score (nSPS) is 10.3. The van der Waals surface area contributed by atoms with E-state index in [1.54, 1.807) is 12.1 Å². The number of hydrogen-bond acceptors (Lipinski definition) is 5. The van der Waals surface area contributed by atoms with Gasteiger partial charge in [-0.15, -0.1) is 11.8 Å². The molecule has 2 aromatic rings. The smallest absolute Gasteiger partial charge is 0.341 e. The highest BCUT2D eigenvalue weighted by Gasteiger charge is 2.19. The van der Waals surface area contributed by atoms with Crippen molar-refractivity contribution in [3.05, 3.63) is 52.5 Å². The van der Waals surface area contributed by atoms with Crippen LogP contribution >= 0.6 is 23.4 Å². The van der Waals surface area contributed by atoms with Crippen LogP contribution in [-0.4, -0.2) is 25.3 Å². The standard InChI is InChI=1S/C16H15ClO4S/c1-20-12-6-10(15(14(18)8-12)16(19)21-2)9-22-13-5-3-4-11(17)7-13/h3-8,18H,9H2,1-2H3. The number of thioether (sulfide) groups is 1. The number of aromatic hydroxyl groups is 1. The van der Waals surface area contributed by atoms with Crippen LogP contribution in [-0.2, 0) is 10.5 Å². The third-order valence-electron chi connectivity index (χ3n) is 2.99. The van der Waals surface area contributed by atoms with E-state index in [4.69, 9.17) is 21.1 Å². The first-order chi connectivity index (χ1) is 10.5. The van der Waals surface area contributed by atoms with Gasteiger partial charge in [-0.3, -0.25) is 0 Å². The SMILES string of the molecule is COC(=O)c1c(O)cc(OC)cc1CSc1cccc(Cl)c1. The van der Waals surface area contributed by atoms with Gasteiger partial charge in [-0.05, 0) is 29.8 Å². The molecule has 0 radical (unpaired) electrons. The summed E-state index contributed by atoms with van der Waals surface area (Å²) in [5.74, 6) is 0.205. The molecular formula is C16H15ClO4S. The predicted octanol–water partition coefficient (Wildman–Crippen LogP) is 4.13. The first kappa shape index (κ1) is 16.5. The summed E-state index contributed by atoms with van der Waals surface area (Å²) in [7, 11) is 2.78. The number of carbonyl (C=O) groups is 1. The molecule has 0 aromatic heterocycles. The molecule has 0 spiro atoms. The summed E-state index contributed by atoms with van der Waals surface area (Å²) in [5.41, 5.74) is 0.784. The van der Waals surface area contributed by atoms with Crippen molar-refractivity contribution < 1.29 is 19.4 Å². The van der Waals surface area contributed by atoms with E-state index in [-0.39, 0.29) is 11.3 Å². The van der Waals surface area contributed by atoms with Crippen molar-refractivity contribution in [2.75, 3.05) is 14.2 Å². The van der Waals surface area contributed by atoms with E-state index in [0.29, 0.717) is 22.1 Å². The number of halogens is 1. The Kier molecular flexibility index (Phi) is 5.57. The van der Waals surface area contributed by atoms with Crippen LogP contribution in [0, 0.1) is 0 Å². The molecule has 22 heavy (non-hydrogen) atoms. The Hall–Kier alpha value is -1.85. The fourth-order valence-corrected chi connectivity index (χ4v) is 3.13. The third kappa shape index (κ3) is 3.87. The maximum Gasteiger partial charge on any atom is 0.341 e. The van der Waals surface area contributed by atoms with Gasteiger partial charge in [0.15, 0.2) is 0 Å². The van der Waals surface area contributed by atoms with Crippen LogP contribution in [0.2, 0.25) is 5.02 Å². The van der Waals surface area contributed by atoms with Crippen molar-refractivity contribution in [1.82, 2.24) is 0 Å². The molecule has 0 saturated carbocycles. The van der Waals surface area contributed by atoms with E-state index < -0.39 is 5.97 Å². The Balaban J connectivity index is 2.31. The highest BCUT2D eigenvalue weighted by molar-refractivity contribution is 7.98. The first-order valence-electron chi connectivity index (χ1n) is 6.41. The summed E-state index contributed by atoms with van der Waals surface area (Å²) in [5, 5.41) is 10.7. The van der Waals surface area contributed by atoms with Crippen molar-refractivity contribution in [1.29, 1.82) is 0 Å². The number of methoxy groups -OCH3 is 2. The molecule has 4 nitrogen and oxygen atoms in total. The molecule has 1 N–H and O–H groups in total. The summed E-state index contributed by atoms with van der Waals surface area (Å²) in [6.07, 6.45) is 0. The minimum atomic E-state index is -0.582. The van der Waals surface area contributed by atoms with Gasteiger partial charge in [0, 0.05) is 21.7 Å². The molecule has 0 aliphatic carbocycles. The number of rotatable bonds is 5. The molecule has 6 heteroatoms. The summed E-state index contributed by atoms with van der Waals surface area (Å²) in [4.78, 5) is 12.8. The lowest BCUT2D eigenvalue weighted by Crippen LogP contribution is -2.06. The van der Waals surface area contributed by atoms with Gasteiger partial charge >= 0.3 is 5.97 Å². The van der Waals surface area contributed by atoms with Gasteiger partial charge in [-0.2, -0.15) is 0 Å². The lowest BCUT2D eigenvalue weighted by atomic mass is 10.1. The zero-order valence-corrected chi connectivity index (χ0v) is 13.7. The van der Waals surface area contributed by atoms with Crippen LogP contribution < -0.4 is 4.74 Å². The van der Waals surface area contributed by atoms with Crippen LogP contribution in [0.15, 0.2) is 41.3 Å². The minimum absolute atomic E-state index is 0.151. The van der Waals surface area contributed by atoms with Gasteiger partial charge < -0.3 is 14.6 Å². The predicted molar refractivity (Wildman–Crippen MR) is 87.0 cm³/mol. The average molecular weight is 339 g/mol. The molecule has 116 valence electrons. The Labute approximate surface area is 138 Å². The molecular weight excluding hydrogens is 324 g/mol. The quantitative estimate of drug-likeness (QED) is 0.656. The van der Waals surface area contributed by atoms with Crippen LogP contribution in [0.25, 0.3) is 0 Å². The number of esters is 1. The van der Waals surface area contributed by atoms with Gasteiger partial charge in [-0.1, -0.05) is 17.7 Å². The van der Waals surface area contributed by atoms with Gasteiger partial charge in [-0.25, -0.2) is 4.79 Å². The lowest BCUT2D eigenvalue weighted by molar-refractivity contribution is 0.0596. The van der Waals surface area contributed by atoms with Crippen LogP contribution in [0.3, 0.4) is 0 Å². The highest BCUT2D eigenvalue weighted by Crippen LogP contribution is 2.33. The zero-order chi connectivity index (χ0) is 16.1. The zero-order valence-electron chi connectivity index (χ0n) is 12.1. The molecule has 0 unspecified atom stereocenters. The maximum atomic E-state index is 11.9. The molecule has 0 atom stereocenters. The number of phenols is 1. The van der Waals surface area contributed by atoms with E-state index in [2.05, 4.69) is 0 Å². The van der Waals surface area contributed by atoms with Gasteiger partial charge in [0.25, 0.3) is 0 Å². The van der Waals surface area contributed by atoms with Crippen molar-refractivity contribution in [3.8, 4) is 11.5 Å². The maximum absolute atomic E-state index is 11.9. The van der Waals surface area contributed by atoms with Crippen molar-refractivity contribution in [2.45, 2.75) is 10.6 Å². The number of hydrogen-bond donors (Lipinski definition) is 1. The molecule has 0 fully saturated rings. The van der Waals surface area contributed by atoms with E-state index in [1.165, 1.54) is 32.0 Å². The van der Waals surface area contributed by atoms with Crippen LogP contribution in [0.5, 0.6) is 11.5 Å². The summed E-state index contributed by atoms with van der Waals surface area (Å²) in [6, 6.07) is 10.5. The molecule has 2 rings (SSSR count). The van der Waals surface area contributed by atoms with E-state index in [9.17, 15) is 9.90 Å². The van der Waals surface area contributed by atoms with Gasteiger partial charge in [0.2, 0.25) is 0 Å². The molecule has 0 aliphatic heterocycles. The summed E-state index contributed by atoms with van der Waals surface area (Å²) < 4.78 is 9.87. The number of phenolic OH excluding ortho intramolecular Hbond substituents is 1. The van der Waals surface area contributed by atoms with Crippen molar-refractivity contribution >= 4 is 29.3 Å². The van der Waals surface area contributed by atoms with E-state index in [1.807, 2.05) is 18.2 Å². The number of benzene rings is 2. The van der Waals surface area contributed by atoms with Crippen LogP contribution in [0.1, 0.15) is 15.9 Å². The largest absolute Gasteiger partial charge is 0.507 e. The molecule has 0 aliphatic rings. The lowest BCUT2D eigenvalue weighted by Gasteiger charge is -2.12. The second kappa shape index (κ2) is 7.42. The Morgan fingerprint density at radius 3 is 2.68 bits per heavy atom. The molecule has 2 aromatic carbocycles. The molecule has 0 bridgehead atoms. The van der Waals surface area contributed by atoms with Gasteiger partial charge in [0.05, 0.1) is 14.2 Å². The average Bonchev–Trinajstić information content (AvgIpc) is 2.51. The Morgan fingerprint density at radius 2 is 2.05 bits per heavy atom. The molecule has 0 heterocycles. The topological polar surface area (TPSA) is 55.8 Å². The van der Waals surface area contributed by atoms with Gasteiger partial charge in [0.1, 0.15) is 17.1 Å². The Bertz CT molecular complexity index is 688. The fraction of sp³-hybridized carbons (Fsp3) is 0.188. The fourth-order valence-electron chi connectivity index (χ4n) is 1.94. The van der Waals surface area contributed by atoms with E-state index in [0.717, 1.165) is 4.90 Å². The third-order valence-corrected chi connectivity index (χ3v) is 4.27. The molecule has 0 amide bonds. The van der Waals surface area contributed by atoms with Crippen LogP contribution in [0.4, 0.5) is 0 Å². The summed E-state index contributed by atoms with van der Waals surface area (Å²) in [6.45, 7) is 0. The minimum Gasteiger partial charge on any atom is -0.507 e. The molecule has 0 saturated heterocycles. The Morgan fingerprint density at radius 1 is 1.27 bits per heavy atom. The van der Waals surface area contributed by atoms with Crippen molar-refractivity contribution in [3.63, 3.8) is 0 Å². The second-order valence-corrected chi connectivity index (χ2v) is 5.90. The van der Waals surface area contributed by atoms with E-state index >= 15 is 0 Å². The second-order valence-electron chi connectivity index (χ2n) is 4.42. The number of carbonyl (C=O) groups excluding carboxylic acids is 1. The summed E-state index contributed by atoms with van der Waals surface area (Å²) >= 11 is 7.45.